The van der Waals surface area contributed by atoms with Crippen molar-refractivity contribution in [1.29, 1.82) is 0 Å². The van der Waals surface area contributed by atoms with E-state index in [-0.39, 0.29) is 5.78 Å². The molecule has 0 spiro atoms. The highest BCUT2D eigenvalue weighted by atomic mass is 16.5. The van der Waals surface area contributed by atoms with Crippen molar-refractivity contribution in [2.75, 3.05) is 14.2 Å². The molecule has 108 valence electrons. The van der Waals surface area contributed by atoms with Crippen LogP contribution in [0, 0.1) is 6.92 Å². The Balaban J connectivity index is 2.33. The number of carbonyl (C=O) groups excluding carboxylic acids is 1. The first-order valence-electron chi connectivity index (χ1n) is 6.66. The molecular formula is C18H18O3. The first-order valence-corrected chi connectivity index (χ1v) is 6.66. The number of hydrogen-bond acceptors (Lipinski definition) is 3. The molecule has 2 aromatic carbocycles. The molecule has 0 aromatic heterocycles. The van der Waals surface area contributed by atoms with Gasteiger partial charge in [0.1, 0.15) is 0 Å². The lowest BCUT2D eigenvalue weighted by molar-refractivity contribution is 0.104. The fourth-order valence-electron chi connectivity index (χ4n) is 2.14. The lowest BCUT2D eigenvalue weighted by Gasteiger charge is -2.13. The summed E-state index contributed by atoms with van der Waals surface area (Å²) in [5.41, 5.74) is 2.40. The third-order valence-corrected chi connectivity index (χ3v) is 3.21. The monoisotopic (exact) mass is 282 g/mol. The molecular weight excluding hydrogens is 264 g/mol. The van der Waals surface area contributed by atoms with Gasteiger partial charge in [0, 0.05) is 0 Å². The number of benzene rings is 2. The molecule has 0 heterocycles. The average Bonchev–Trinajstić information content (AvgIpc) is 2.53. The van der Waals surface area contributed by atoms with Gasteiger partial charge >= 0.3 is 0 Å². The Bertz CT molecular complexity index is 658. The minimum atomic E-state index is -0.117. The Morgan fingerprint density at radius 3 is 2.24 bits per heavy atom. The van der Waals surface area contributed by atoms with Crippen LogP contribution in [0.1, 0.15) is 21.5 Å². The molecule has 2 rings (SSSR count). The van der Waals surface area contributed by atoms with E-state index in [0.29, 0.717) is 17.1 Å². The van der Waals surface area contributed by atoms with Gasteiger partial charge in [-0.25, -0.2) is 0 Å². The number of allylic oxidation sites excluding steroid dienone is 1. The average molecular weight is 282 g/mol. The highest BCUT2D eigenvalue weighted by Crippen LogP contribution is 2.34. The van der Waals surface area contributed by atoms with E-state index in [0.717, 1.165) is 11.1 Å². The van der Waals surface area contributed by atoms with Gasteiger partial charge in [-0.2, -0.15) is 0 Å². The SMILES string of the molecule is COc1c(C)ccc(C(=O)/C=C/c2ccccc2)c1OC. The van der Waals surface area contributed by atoms with Crippen LogP contribution in [0.4, 0.5) is 0 Å². The van der Waals surface area contributed by atoms with Gasteiger partial charge < -0.3 is 9.47 Å². The molecule has 3 heteroatoms. The van der Waals surface area contributed by atoms with Crippen molar-refractivity contribution >= 4 is 11.9 Å². The molecule has 0 aliphatic carbocycles. The van der Waals surface area contributed by atoms with Gasteiger partial charge in [0.05, 0.1) is 19.8 Å². The van der Waals surface area contributed by atoms with Crippen LogP contribution in [-0.4, -0.2) is 20.0 Å². The molecule has 0 saturated heterocycles. The summed E-state index contributed by atoms with van der Waals surface area (Å²) >= 11 is 0. The van der Waals surface area contributed by atoms with Crippen LogP contribution in [0.5, 0.6) is 11.5 Å². The van der Waals surface area contributed by atoms with E-state index >= 15 is 0 Å². The van der Waals surface area contributed by atoms with Crippen LogP contribution < -0.4 is 9.47 Å². The zero-order chi connectivity index (χ0) is 15.2. The Morgan fingerprint density at radius 2 is 1.62 bits per heavy atom. The van der Waals surface area contributed by atoms with Gasteiger partial charge in [0.25, 0.3) is 0 Å². The second-order valence-corrected chi connectivity index (χ2v) is 4.60. The highest BCUT2D eigenvalue weighted by molar-refractivity contribution is 6.09. The molecule has 0 radical (unpaired) electrons. The van der Waals surface area contributed by atoms with Crippen molar-refractivity contribution in [2.24, 2.45) is 0 Å². The van der Waals surface area contributed by atoms with Crippen LogP contribution in [0.3, 0.4) is 0 Å². The molecule has 3 nitrogen and oxygen atoms in total. The maximum atomic E-state index is 12.4. The Morgan fingerprint density at radius 1 is 0.952 bits per heavy atom. The van der Waals surface area contributed by atoms with Crippen molar-refractivity contribution in [3.63, 3.8) is 0 Å². The van der Waals surface area contributed by atoms with E-state index in [1.807, 2.05) is 43.3 Å². The third kappa shape index (κ3) is 3.31. The molecule has 0 aliphatic heterocycles. The van der Waals surface area contributed by atoms with Gasteiger partial charge in [-0.15, -0.1) is 0 Å². The van der Waals surface area contributed by atoms with Crippen molar-refractivity contribution in [3.05, 3.63) is 65.2 Å². The number of ketones is 1. The second-order valence-electron chi connectivity index (χ2n) is 4.60. The number of aryl methyl sites for hydroxylation is 1. The minimum Gasteiger partial charge on any atom is -0.493 e. The molecule has 21 heavy (non-hydrogen) atoms. The summed E-state index contributed by atoms with van der Waals surface area (Å²) in [4.78, 5) is 12.4. The van der Waals surface area contributed by atoms with Gasteiger partial charge in [-0.05, 0) is 30.2 Å². The summed E-state index contributed by atoms with van der Waals surface area (Å²) in [5, 5.41) is 0. The third-order valence-electron chi connectivity index (χ3n) is 3.21. The summed E-state index contributed by atoms with van der Waals surface area (Å²) < 4.78 is 10.7. The molecule has 0 bridgehead atoms. The first kappa shape index (κ1) is 14.9. The molecule has 0 amide bonds. The predicted octanol–water partition coefficient (Wildman–Crippen LogP) is 3.91. The largest absolute Gasteiger partial charge is 0.493 e. The van der Waals surface area contributed by atoms with Crippen LogP contribution in [0.15, 0.2) is 48.5 Å². The lowest BCUT2D eigenvalue weighted by Crippen LogP contribution is -2.02. The van der Waals surface area contributed by atoms with Gasteiger partial charge in [0.2, 0.25) is 0 Å². The van der Waals surface area contributed by atoms with E-state index in [1.165, 1.54) is 7.11 Å². The quantitative estimate of drug-likeness (QED) is 0.616. The summed E-state index contributed by atoms with van der Waals surface area (Å²) in [6.45, 7) is 1.91. The van der Waals surface area contributed by atoms with Crippen molar-refractivity contribution in [2.45, 2.75) is 6.92 Å². The van der Waals surface area contributed by atoms with Crippen LogP contribution in [0.25, 0.3) is 6.08 Å². The molecule has 0 fully saturated rings. The second kappa shape index (κ2) is 6.75. The topological polar surface area (TPSA) is 35.5 Å². The van der Waals surface area contributed by atoms with E-state index in [1.54, 1.807) is 25.3 Å². The van der Waals surface area contributed by atoms with Gasteiger partial charge in [0.15, 0.2) is 17.3 Å². The molecule has 0 N–H and O–H groups in total. The summed E-state index contributed by atoms with van der Waals surface area (Å²) in [5.74, 6) is 0.950. The number of rotatable bonds is 5. The smallest absolute Gasteiger partial charge is 0.189 e. The van der Waals surface area contributed by atoms with Crippen LogP contribution in [0.2, 0.25) is 0 Å². The number of hydrogen-bond donors (Lipinski definition) is 0. The first-order chi connectivity index (χ1) is 10.2. The van der Waals surface area contributed by atoms with E-state index in [4.69, 9.17) is 9.47 Å². The maximum Gasteiger partial charge on any atom is 0.189 e. The van der Waals surface area contributed by atoms with Gasteiger partial charge in [-0.3, -0.25) is 4.79 Å². The standard InChI is InChI=1S/C18H18O3/c1-13-9-11-15(18(21-3)17(13)20-2)16(19)12-10-14-7-5-4-6-8-14/h4-12H,1-3H3/b12-10+. The van der Waals surface area contributed by atoms with Crippen molar-refractivity contribution < 1.29 is 14.3 Å². The van der Waals surface area contributed by atoms with Crippen LogP contribution in [-0.2, 0) is 0 Å². The molecule has 0 aliphatic rings. The Kier molecular flexibility index (Phi) is 4.77. The summed E-state index contributed by atoms with van der Waals surface area (Å²) in [7, 11) is 3.11. The maximum absolute atomic E-state index is 12.4. The molecule has 0 unspecified atom stereocenters. The fourth-order valence-corrected chi connectivity index (χ4v) is 2.14. The van der Waals surface area contributed by atoms with Crippen molar-refractivity contribution in [1.82, 2.24) is 0 Å². The van der Waals surface area contributed by atoms with Gasteiger partial charge in [-0.1, -0.05) is 42.5 Å². The predicted molar refractivity (Wildman–Crippen MR) is 84.1 cm³/mol. The molecule has 0 saturated carbocycles. The van der Waals surface area contributed by atoms with E-state index in [9.17, 15) is 4.79 Å². The minimum absolute atomic E-state index is 0.117. The number of ether oxygens (including phenoxy) is 2. The normalized spacial score (nSPS) is 10.6. The number of methoxy groups -OCH3 is 2. The Hall–Kier alpha value is -2.55. The number of carbonyl (C=O) groups is 1. The Labute approximate surface area is 124 Å². The van der Waals surface area contributed by atoms with Crippen molar-refractivity contribution in [3.8, 4) is 11.5 Å². The fraction of sp³-hybridized carbons (Fsp3) is 0.167. The molecule has 2 aromatic rings. The zero-order valence-corrected chi connectivity index (χ0v) is 12.4. The van der Waals surface area contributed by atoms with E-state index in [2.05, 4.69) is 0 Å². The lowest BCUT2D eigenvalue weighted by atomic mass is 10.0. The molecule has 0 atom stereocenters. The van der Waals surface area contributed by atoms with E-state index < -0.39 is 0 Å². The zero-order valence-electron chi connectivity index (χ0n) is 12.4. The highest BCUT2D eigenvalue weighted by Gasteiger charge is 2.16. The van der Waals surface area contributed by atoms with Crippen LogP contribution >= 0.6 is 0 Å². The summed E-state index contributed by atoms with van der Waals surface area (Å²) in [6.07, 6.45) is 3.33. The summed E-state index contributed by atoms with van der Waals surface area (Å²) in [6, 6.07) is 13.3.